The zero-order valence-electron chi connectivity index (χ0n) is 19.8. The van der Waals surface area contributed by atoms with Crippen molar-refractivity contribution >= 4 is 5.91 Å². The van der Waals surface area contributed by atoms with Crippen molar-refractivity contribution in [2.45, 2.75) is 51.5 Å². The number of nitrogens with one attached hydrogen (secondary N) is 1. The second-order valence-electron chi connectivity index (χ2n) is 9.52. The quantitative estimate of drug-likeness (QED) is 0.749. The minimum absolute atomic E-state index is 0.00472. The van der Waals surface area contributed by atoms with Crippen molar-refractivity contribution in [1.29, 1.82) is 0 Å². The Balaban J connectivity index is 1.35. The Morgan fingerprint density at radius 2 is 1.70 bits per heavy atom. The summed E-state index contributed by atoms with van der Waals surface area (Å²) >= 11 is 0. The van der Waals surface area contributed by atoms with Gasteiger partial charge in [0.2, 0.25) is 0 Å². The van der Waals surface area contributed by atoms with Gasteiger partial charge in [0.1, 0.15) is 13.2 Å². The number of hydrogen-bond donors (Lipinski definition) is 1. The Morgan fingerprint density at radius 1 is 0.970 bits per heavy atom. The van der Waals surface area contributed by atoms with Crippen LogP contribution in [0.25, 0.3) is 5.69 Å². The maximum Gasteiger partial charge on any atom is 0.253 e. The minimum atomic E-state index is 0.00472. The van der Waals surface area contributed by atoms with Crippen LogP contribution in [0.5, 0.6) is 11.5 Å². The van der Waals surface area contributed by atoms with Gasteiger partial charge in [-0.3, -0.25) is 9.69 Å². The summed E-state index contributed by atoms with van der Waals surface area (Å²) in [6, 6.07) is 7.94. The van der Waals surface area contributed by atoms with Crippen LogP contribution in [0.3, 0.4) is 0 Å². The molecule has 0 atom stereocenters. The number of hydrogen-bond acceptors (Lipinski definition) is 5. The first kappa shape index (κ1) is 22.3. The van der Waals surface area contributed by atoms with Crippen molar-refractivity contribution in [3.05, 3.63) is 41.2 Å². The lowest BCUT2D eigenvalue weighted by Crippen LogP contribution is -2.59. The van der Waals surface area contributed by atoms with Crippen LogP contribution in [0.4, 0.5) is 0 Å². The highest BCUT2D eigenvalue weighted by atomic mass is 16.6. The van der Waals surface area contributed by atoms with Gasteiger partial charge in [-0.15, -0.1) is 0 Å². The average molecular weight is 454 g/mol. The molecule has 33 heavy (non-hydrogen) atoms. The molecule has 0 unspecified atom stereocenters. The van der Waals surface area contributed by atoms with Crippen molar-refractivity contribution < 1.29 is 19.0 Å². The van der Waals surface area contributed by atoms with E-state index in [9.17, 15) is 4.79 Å². The highest BCUT2D eigenvalue weighted by Gasteiger charge is 2.39. The van der Waals surface area contributed by atoms with Crippen LogP contribution in [-0.4, -0.2) is 67.0 Å². The van der Waals surface area contributed by atoms with E-state index in [-0.39, 0.29) is 11.4 Å². The van der Waals surface area contributed by atoms with Crippen LogP contribution in [0, 0.1) is 13.8 Å². The average Bonchev–Trinajstić information content (AvgIpc) is 3.17. The lowest BCUT2D eigenvalue weighted by Gasteiger charge is -2.48. The number of aryl methyl sites for hydroxylation is 1. The molecule has 3 aliphatic rings. The summed E-state index contributed by atoms with van der Waals surface area (Å²) in [6.07, 6.45) is 6.03. The SMILES string of the molecule is Cc1cc(C(=O)NCC2(N3CCOCC3)CCCCC2)c(C)n1-c1ccc2c(c1)OCCO2. The van der Waals surface area contributed by atoms with E-state index in [1.54, 1.807) is 0 Å². The molecule has 7 nitrogen and oxygen atoms in total. The number of carbonyl (C=O) groups is 1. The zero-order chi connectivity index (χ0) is 22.8. The smallest absolute Gasteiger partial charge is 0.253 e. The molecule has 3 heterocycles. The summed E-state index contributed by atoms with van der Waals surface area (Å²) in [6.45, 7) is 9.35. The Morgan fingerprint density at radius 3 is 2.45 bits per heavy atom. The standard InChI is InChI=1S/C26H35N3O4/c1-19-16-22(20(2)29(19)21-6-7-23-24(17-21)33-15-14-32-23)25(30)27-18-26(8-4-3-5-9-26)28-10-12-31-13-11-28/h6-7,16-17H,3-5,8-15,18H2,1-2H3,(H,27,30). The number of ether oxygens (including phenoxy) is 3. The predicted octanol–water partition coefficient (Wildman–Crippen LogP) is 3.63. The Kier molecular flexibility index (Phi) is 6.34. The zero-order valence-corrected chi connectivity index (χ0v) is 19.8. The molecule has 1 aromatic carbocycles. The first-order valence-electron chi connectivity index (χ1n) is 12.3. The van der Waals surface area contributed by atoms with E-state index in [4.69, 9.17) is 14.2 Å². The topological polar surface area (TPSA) is 65.0 Å². The van der Waals surface area contributed by atoms with E-state index in [0.29, 0.717) is 19.8 Å². The van der Waals surface area contributed by atoms with E-state index in [0.717, 1.165) is 73.3 Å². The van der Waals surface area contributed by atoms with Gasteiger partial charge >= 0.3 is 0 Å². The maximum absolute atomic E-state index is 13.4. The summed E-state index contributed by atoms with van der Waals surface area (Å²) in [5.74, 6) is 1.53. The summed E-state index contributed by atoms with van der Waals surface area (Å²) in [5.41, 5.74) is 3.72. The first-order chi connectivity index (χ1) is 16.1. The number of aromatic nitrogens is 1. The normalized spacial score (nSPS) is 20.4. The van der Waals surface area contributed by atoms with Crippen molar-refractivity contribution in [3.8, 4) is 17.2 Å². The highest BCUT2D eigenvalue weighted by Crippen LogP contribution is 2.35. The number of carbonyl (C=O) groups excluding carboxylic acids is 1. The minimum Gasteiger partial charge on any atom is -0.486 e. The molecule has 5 rings (SSSR count). The van der Waals surface area contributed by atoms with Gasteiger partial charge in [-0.2, -0.15) is 0 Å². The summed E-state index contributed by atoms with van der Waals surface area (Å²) in [4.78, 5) is 15.9. The molecule has 178 valence electrons. The summed E-state index contributed by atoms with van der Waals surface area (Å²) in [7, 11) is 0. The number of benzene rings is 1. The molecule has 0 radical (unpaired) electrons. The number of rotatable bonds is 5. The van der Waals surface area contributed by atoms with Crippen LogP contribution in [0.1, 0.15) is 53.8 Å². The second kappa shape index (κ2) is 9.39. The largest absolute Gasteiger partial charge is 0.486 e. The van der Waals surface area contributed by atoms with E-state index in [1.807, 2.05) is 38.1 Å². The molecule has 0 spiro atoms. The number of morpholine rings is 1. The summed E-state index contributed by atoms with van der Waals surface area (Å²) < 4.78 is 19.1. The third-order valence-corrected chi connectivity index (χ3v) is 7.50. The molecule has 1 saturated heterocycles. The Labute approximate surface area is 196 Å². The molecule has 1 saturated carbocycles. The summed E-state index contributed by atoms with van der Waals surface area (Å²) in [5, 5.41) is 3.31. The molecule has 1 aliphatic carbocycles. The monoisotopic (exact) mass is 453 g/mol. The number of nitrogens with zero attached hydrogens (tertiary/aromatic N) is 2. The molecule has 1 aromatic heterocycles. The van der Waals surface area contributed by atoms with Crippen LogP contribution < -0.4 is 14.8 Å². The molecule has 0 bridgehead atoms. The lowest BCUT2D eigenvalue weighted by molar-refractivity contribution is -0.0361. The van der Waals surface area contributed by atoms with Gasteiger partial charge in [-0.1, -0.05) is 19.3 Å². The highest BCUT2D eigenvalue weighted by molar-refractivity contribution is 5.96. The van der Waals surface area contributed by atoms with Crippen LogP contribution >= 0.6 is 0 Å². The molecule has 2 aliphatic heterocycles. The fourth-order valence-corrected chi connectivity index (χ4v) is 5.75. The molecule has 1 amide bonds. The van der Waals surface area contributed by atoms with E-state index < -0.39 is 0 Å². The van der Waals surface area contributed by atoms with Crippen LogP contribution in [0.2, 0.25) is 0 Å². The maximum atomic E-state index is 13.4. The molecule has 1 N–H and O–H groups in total. The van der Waals surface area contributed by atoms with Crippen molar-refractivity contribution in [2.24, 2.45) is 0 Å². The fourth-order valence-electron chi connectivity index (χ4n) is 5.75. The van der Waals surface area contributed by atoms with Gasteiger partial charge in [-0.25, -0.2) is 0 Å². The van der Waals surface area contributed by atoms with Gasteiger partial charge in [-0.05, 0) is 44.9 Å². The van der Waals surface area contributed by atoms with Gasteiger partial charge in [0.15, 0.2) is 11.5 Å². The molecular formula is C26H35N3O4. The van der Waals surface area contributed by atoms with E-state index >= 15 is 0 Å². The molecule has 2 fully saturated rings. The van der Waals surface area contributed by atoms with Gasteiger partial charge < -0.3 is 24.1 Å². The lowest BCUT2D eigenvalue weighted by atomic mass is 9.79. The van der Waals surface area contributed by atoms with Gasteiger partial charge in [0.05, 0.1) is 18.8 Å². The number of fused-ring (bicyclic) bond motifs is 1. The molecule has 7 heteroatoms. The fraction of sp³-hybridized carbons (Fsp3) is 0.577. The van der Waals surface area contributed by atoms with Crippen molar-refractivity contribution in [3.63, 3.8) is 0 Å². The third-order valence-electron chi connectivity index (χ3n) is 7.50. The number of amides is 1. The third kappa shape index (κ3) is 4.36. The van der Waals surface area contributed by atoms with Crippen molar-refractivity contribution in [1.82, 2.24) is 14.8 Å². The molecule has 2 aromatic rings. The van der Waals surface area contributed by atoms with E-state index in [1.165, 1.54) is 19.3 Å². The van der Waals surface area contributed by atoms with Gasteiger partial charge in [0, 0.05) is 48.3 Å². The second-order valence-corrected chi connectivity index (χ2v) is 9.52. The predicted molar refractivity (Wildman–Crippen MR) is 127 cm³/mol. The van der Waals surface area contributed by atoms with Gasteiger partial charge in [0.25, 0.3) is 5.91 Å². The molecular weight excluding hydrogens is 418 g/mol. The Bertz CT molecular complexity index is 1000. The van der Waals surface area contributed by atoms with Crippen LogP contribution in [-0.2, 0) is 4.74 Å². The Hall–Kier alpha value is -2.51. The first-order valence-corrected chi connectivity index (χ1v) is 12.3. The van der Waals surface area contributed by atoms with Crippen molar-refractivity contribution in [2.75, 3.05) is 46.1 Å². The van der Waals surface area contributed by atoms with Crippen LogP contribution in [0.15, 0.2) is 24.3 Å². The van der Waals surface area contributed by atoms with E-state index in [2.05, 4.69) is 14.8 Å².